The maximum atomic E-state index is 12.6. The summed E-state index contributed by atoms with van der Waals surface area (Å²) in [6.07, 6.45) is 6.85. The summed E-state index contributed by atoms with van der Waals surface area (Å²) >= 11 is 0. The highest BCUT2D eigenvalue weighted by atomic mass is 16.3. The molecule has 0 aromatic carbocycles. The quantitative estimate of drug-likeness (QED) is 0.750. The topological polar surface area (TPSA) is 69.6 Å². The van der Waals surface area contributed by atoms with Crippen LogP contribution in [0.1, 0.15) is 58.8 Å². The molecule has 1 aliphatic carbocycles. The number of urea groups is 1. The number of nitrogens with zero attached hydrogens (tertiary/aromatic N) is 1. The van der Waals surface area contributed by atoms with Gasteiger partial charge in [-0.25, -0.2) is 4.79 Å². The van der Waals surface area contributed by atoms with Crippen LogP contribution < -0.4 is 5.32 Å². The Morgan fingerprint density at radius 3 is 2.21 bits per heavy atom. The zero-order valence-electron chi connectivity index (χ0n) is 11.9. The molecule has 108 valence electrons. The Bertz CT molecular complexity index is 365. The minimum Gasteiger partial charge on any atom is -0.389 e. The van der Waals surface area contributed by atoms with Crippen LogP contribution in [-0.4, -0.2) is 39.6 Å². The third-order valence-corrected chi connectivity index (χ3v) is 4.00. The number of rotatable bonds is 2. The number of carbonyl (C=O) groups is 2. The van der Waals surface area contributed by atoms with Gasteiger partial charge in [0.15, 0.2) is 0 Å². The predicted octanol–water partition coefficient (Wildman–Crippen LogP) is 1.79. The Labute approximate surface area is 114 Å². The van der Waals surface area contributed by atoms with E-state index >= 15 is 0 Å². The van der Waals surface area contributed by atoms with Crippen molar-refractivity contribution in [2.75, 3.05) is 6.54 Å². The molecule has 1 spiro atoms. The highest BCUT2D eigenvalue weighted by Crippen LogP contribution is 2.32. The zero-order valence-corrected chi connectivity index (χ0v) is 11.9. The second-order valence-corrected chi connectivity index (χ2v) is 6.48. The largest absolute Gasteiger partial charge is 0.389 e. The molecule has 5 heteroatoms. The van der Waals surface area contributed by atoms with E-state index in [0.29, 0.717) is 0 Å². The van der Waals surface area contributed by atoms with Gasteiger partial charge in [-0.15, -0.1) is 0 Å². The molecule has 1 aliphatic heterocycles. The SMILES string of the molecule is CC(C)(O)CN1C(=O)NC2(CCCCCCC2)C1=O. The molecule has 1 saturated heterocycles. The van der Waals surface area contributed by atoms with Crippen LogP contribution in [0.3, 0.4) is 0 Å². The summed E-state index contributed by atoms with van der Waals surface area (Å²) in [5.74, 6) is -0.151. The summed E-state index contributed by atoms with van der Waals surface area (Å²) in [5, 5.41) is 12.7. The standard InChI is InChI=1S/C14H24N2O3/c1-13(2,19)10-16-11(17)14(15-12(16)18)8-6-4-3-5-7-9-14/h19H,3-10H2,1-2H3,(H,15,18). The summed E-state index contributed by atoms with van der Waals surface area (Å²) in [6.45, 7) is 3.27. The van der Waals surface area contributed by atoms with E-state index in [9.17, 15) is 14.7 Å². The molecule has 3 amide bonds. The summed E-state index contributed by atoms with van der Waals surface area (Å²) in [6, 6.07) is -0.354. The number of amides is 3. The van der Waals surface area contributed by atoms with Crippen LogP contribution in [0.4, 0.5) is 4.79 Å². The lowest BCUT2D eigenvalue weighted by atomic mass is 9.84. The molecule has 0 unspecified atom stereocenters. The van der Waals surface area contributed by atoms with Gasteiger partial charge in [0, 0.05) is 0 Å². The first-order valence-electron chi connectivity index (χ1n) is 7.21. The van der Waals surface area contributed by atoms with E-state index in [4.69, 9.17) is 0 Å². The summed E-state index contributed by atoms with van der Waals surface area (Å²) < 4.78 is 0. The third kappa shape index (κ3) is 3.08. The fourth-order valence-corrected chi connectivity index (χ4v) is 3.05. The van der Waals surface area contributed by atoms with Gasteiger partial charge >= 0.3 is 6.03 Å². The van der Waals surface area contributed by atoms with Crippen molar-refractivity contribution >= 4 is 11.9 Å². The lowest BCUT2D eigenvalue weighted by molar-refractivity contribution is -0.134. The van der Waals surface area contributed by atoms with Crippen molar-refractivity contribution in [3.8, 4) is 0 Å². The van der Waals surface area contributed by atoms with Crippen LogP contribution in [0.5, 0.6) is 0 Å². The van der Waals surface area contributed by atoms with Gasteiger partial charge in [-0.05, 0) is 26.7 Å². The molecule has 0 bridgehead atoms. The van der Waals surface area contributed by atoms with Gasteiger partial charge in [-0.2, -0.15) is 0 Å². The molecule has 0 atom stereocenters. The van der Waals surface area contributed by atoms with Crippen molar-refractivity contribution in [2.45, 2.75) is 69.9 Å². The number of aliphatic hydroxyl groups is 1. The Morgan fingerprint density at radius 2 is 1.68 bits per heavy atom. The number of carbonyl (C=O) groups excluding carboxylic acids is 2. The first-order valence-corrected chi connectivity index (χ1v) is 7.21. The molecule has 2 aliphatic rings. The van der Waals surface area contributed by atoms with Crippen LogP contribution in [0.25, 0.3) is 0 Å². The number of hydrogen-bond donors (Lipinski definition) is 2. The second-order valence-electron chi connectivity index (χ2n) is 6.48. The molecule has 1 heterocycles. The fraction of sp³-hybridized carbons (Fsp3) is 0.857. The van der Waals surface area contributed by atoms with Crippen molar-refractivity contribution in [3.63, 3.8) is 0 Å². The van der Waals surface area contributed by atoms with Crippen molar-refractivity contribution in [2.24, 2.45) is 0 Å². The van der Waals surface area contributed by atoms with Gasteiger partial charge in [-0.1, -0.05) is 32.1 Å². The van der Waals surface area contributed by atoms with E-state index in [-0.39, 0.29) is 18.5 Å². The number of imide groups is 1. The number of hydrogen-bond acceptors (Lipinski definition) is 3. The molecule has 19 heavy (non-hydrogen) atoms. The zero-order chi connectivity index (χ0) is 14.1. The minimum atomic E-state index is -1.06. The van der Waals surface area contributed by atoms with Gasteiger partial charge in [0.05, 0.1) is 12.1 Å². The first-order chi connectivity index (χ1) is 8.84. The smallest absolute Gasteiger partial charge is 0.325 e. The highest BCUT2D eigenvalue weighted by molar-refractivity contribution is 6.07. The number of nitrogens with one attached hydrogen (secondary N) is 1. The van der Waals surface area contributed by atoms with Crippen molar-refractivity contribution in [1.82, 2.24) is 10.2 Å². The van der Waals surface area contributed by atoms with Crippen molar-refractivity contribution < 1.29 is 14.7 Å². The maximum Gasteiger partial charge on any atom is 0.325 e. The molecule has 2 fully saturated rings. The van der Waals surface area contributed by atoms with Crippen LogP contribution >= 0.6 is 0 Å². The molecule has 5 nitrogen and oxygen atoms in total. The van der Waals surface area contributed by atoms with Crippen LogP contribution in [0, 0.1) is 0 Å². The van der Waals surface area contributed by atoms with E-state index in [0.717, 1.165) is 38.5 Å². The Morgan fingerprint density at radius 1 is 1.16 bits per heavy atom. The average Bonchev–Trinajstić information content (AvgIpc) is 2.48. The van der Waals surface area contributed by atoms with Crippen molar-refractivity contribution in [3.05, 3.63) is 0 Å². The molecular formula is C14H24N2O3. The average molecular weight is 268 g/mol. The van der Waals surface area contributed by atoms with Crippen LogP contribution in [-0.2, 0) is 4.79 Å². The number of β-amino-alcohol motifs (C(OH)–C–C–N with tert-alkyl or cyclic N) is 1. The normalized spacial score (nSPS) is 24.3. The van der Waals surface area contributed by atoms with Crippen LogP contribution in [0.15, 0.2) is 0 Å². The highest BCUT2D eigenvalue weighted by Gasteiger charge is 2.51. The molecule has 0 aromatic rings. The second kappa shape index (κ2) is 5.12. The van der Waals surface area contributed by atoms with Gasteiger partial charge in [0.2, 0.25) is 0 Å². The minimum absolute atomic E-state index is 0.0550. The van der Waals surface area contributed by atoms with Gasteiger partial charge < -0.3 is 10.4 Å². The summed E-state index contributed by atoms with van der Waals surface area (Å²) in [5.41, 5.74) is -1.76. The van der Waals surface area contributed by atoms with Crippen molar-refractivity contribution in [1.29, 1.82) is 0 Å². The van der Waals surface area contributed by atoms with E-state index in [2.05, 4.69) is 5.32 Å². The maximum absolute atomic E-state index is 12.6. The van der Waals surface area contributed by atoms with Crippen LogP contribution in [0.2, 0.25) is 0 Å². The van der Waals surface area contributed by atoms with E-state index in [1.165, 1.54) is 11.3 Å². The molecule has 0 aromatic heterocycles. The van der Waals surface area contributed by atoms with E-state index in [1.54, 1.807) is 13.8 Å². The third-order valence-electron chi connectivity index (χ3n) is 4.00. The van der Waals surface area contributed by atoms with Gasteiger partial charge in [0.25, 0.3) is 5.91 Å². The Balaban J connectivity index is 2.15. The Hall–Kier alpha value is -1.10. The van der Waals surface area contributed by atoms with Gasteiger partial charge in [-0.3, -0.25) is 9.69 Å². The predicted molar refractivity (Wildman–Crippen MR) is 71.6 cm³/mol. The van der Waals surface area contributed by atoms with E-state index < -0.39 is 11.1 Å². The summed E-state index contributed by atoms with van der Waals surface area (Å²) in [4.78, 5) is 25.8. The monoisotopic (exact) mass is 268 g/mol. The van der Waals surface area contributed by atoms with Gasteiger partial charge in [0.1, 0.15) is 5.54 Å². The molecule has 2 N–H and O–H groups in total. The summed E-state index contributed by atoms with van der Waals surface area (Å²) in [7, 11) is 0. The van der Waals surface area contributed by atoms with E-state index in [1.807, 2.05) is 0 Å². The fourth-order valence-electron chi connectivity index (χ4n) is 3.05. The molecule has 0 radical (unpaired) electrons. The first kappa shape index (κ1) is 14.3. The molecule has 2 rings (SSSR count). The lowest BCUT2D eigenvalue weighted by Crippen LogP contribution is -2.48. The Kier molecular flexibility index (Phi) is 3.85. The molecular weight excluding hydrogens is 244 g/mol. The lowest BCUT2D eigenvalue weighted by Gasteiger charge is -2.29. The molecule has 1 saturated carbocycles.